The van der Waals surface area contributed by atoms with Gasteiger partial charge in [-0.2, -0.15) is 0 Å². The molecule has 1 aliphatic carbocycles. The van der Waals surface area contributed by atoms with Crippen molar-refractivity contribution in [2.75, 3.05) is 6.54 Å². The maximum Gasteiger partial charge on any atom is 0.252 e. The van der Waals surface area contributed by atoms with Gasteiger partial charge >= 0.3 is 0 Å². The van der Waals surface area contributed by atoms with Crippen LogP contribution >= 0.6 is 0 Å². The van der Waals surface area contributed by atoms with Crippen molar-refractivity contribution >= 4 is 12.2 Å². The highest BCUT2D eigenvalue weighted by Crippen LogP contribution is 2.25. The van der Waals surface area contributed by atoms with Gasteiger partial charge in [0.05, 0.1) is 0 Å². The monoisotopic (exact) mass is 260 g/mol. The number of aldehydes is 1. The van der Waals surface area contributed by atoms with Crippen molar-refractivity contribution in [3.8, 4) is 0 Å². The average molecular weight is 260 g/mol. The molecule has 0 saturated heterocycles. The van der Waals surface area contributed by atoms with Crippen molar-refractivity contribution in [3.05, 3.63) is 35.4 Å². The number of carbonyl (C=O) groups excluding carboxylic acids is 2. The second-order valence-electron chi connectivity index (χ2n) is 5.31. The number of hydrogen-bond donors (Lipinski definition) is 2. The van der Waals surface area contributed by atoms with Crippen molar-refractivity contribution < 1.29 is 9.59 Å². The van der Waals surface area contributed by atoms with E-state index in [2.05, 4.69) is 5.32 Å². The van der Waals surface area contributed by atoms with Gasteiger partial charge in [0.25, 0.3) is 5.91 Å². The molecule has 19 heavy (non-hydrogen) atoms. The molecule has 0 spiro atoms. The Hall–Kier alpha value is -1.68. The van der Waals surface area contributed by atoms with E-state index in [1.54, 1.807) is 24.3 Å². The number of benzene rings is 1. The molecule has 4 nitrogen and oxygen atoms in total. The van der Waals surface area contributed by atoms with Gasteiger partial charge in [-0.1, -0.05) is 37.5 Å². The molecule has 1 aromatic rings. The van der Waals surface area contributed by atoms with E-state index in [-0.39, 0.29) is 11.4 Å². The fourth-order valence-electron chi connectivity index (χ4n) is 2.59. The summed E-state index contributed by atoms with van der Waals surface area (Å²) in [5.74, 6) is -0.224. The van der Waals surface area contributed by atoms with Gasteiger partial charge in [0, 0.05) is 23.2 Å². The minimum atomic E-state index is -0.288. The zero-order valence-electron chi connectivity index (χ0n) is 11.0. The molecule has 0 bridgehead atoms. The largest absolute Gasteiger partial charge is 0.350 e. The highest BCUT2D eigenvalue weighted by atomic mass is 16.1. The molecular formula is C15H20N2O2. The van der Waals surface area contributed by atoms with E-state index >= 15 is 0 Å². The molecule has 0 heterocycles. The maximum atomic E-state index is 12.1. The van der Waals surface area contributed by atoms with Crippen LogP contribution in [0.3, 0.4) is 0 Å². The number of carbonyl (C=O) groups is 2. The topological polar surface area (TPSA) is 72.2 Å². The zero-order valence-corrected chi connectivity index (χ0v) is 11.0. The van der Waals surface area contributed by atoms with Crippen LogP contribution in [0.4, 0.5) is 0 Å². The Morgan fingerprint density at radius 2 is 1.95 bits per heavy atom. The van der Waals surface area contributed by atoms with E-state index in [1.165, 1.54) is 6.42 Å². The van der Waals surface area contributed by atoms with Crippen LogP contribution in [0.1, 0.15) is 52.8 Å². The molecule has 1 fully saturated rings. The molecular weight excluding hydrogens is 240 g/mol. The fourth-order valence-corrected chi connectivity index (χ4v) is 2.59. The second-order valence-corrected chi connectivity index (χ2v) is 5.31. The van der Waals surface area contributed by atoms with Crippen molar-refractivity contribution in [2.45, 2.75) is 37.6 Å². The Kier molecular flexibility index (Phi) is 4.32. The number of nitrogens with one attached hydrogen (secondary N) is 1. The van der Waals surface area contributed by atoms with Crippen LogP contribution in [0.15, 0.2) is 24.3 Å². The molecule has 0 radical (unpaired) electrons. The minimum Gasteiger partial charge on any atom is -0.350 e. The van der Waals surface area contributed by atoms with Crippen LogP contribution in [0, 0.1) is 0 Å². The van der Waals surface area contributed by atoms with Gasteiger partial charge in [0.1, 0.15) is 0 Å². The van der Waals surface area contributed by atoms with Crippen molar-refractivity contribution in [2.24, 2.45) is 5.73 Å². The lowest BCUT2D eigenvalue weighted by Gasteiger charge is -2.33. The van der Waals surface area contributed by atoms with Crippen LogP contribution in [0.2, 0.25) is 0 Å². The predicted octanol–water partition coefficient (Wildman–Crippen LogP) is 1.89. The summed E-state index contributed by atoms with van der Waals surface area (Å²) in [4.78, 5) is 23.0. The van der Waals surface area contributed by atoms with Crippen LogP contribution in [0.25, 0.3) is 0 Å². The summed E-state index contributed by atoms with van der Waals surface area (Å²) in [5.41, 5.74) is 6.81. The second kappa shape index (κ2) is 5.97. The minimum absolute atomic E-state index is 0.224. The van der Waals surface area contributed by atoms with Crippen LogP contribution < -0.4 is 11.1 Å². The lowest BCUT2D eigenvalue weighted by Crippen LogP contribution is -2.51. The van der Waals surface area contributed by atoms with E-state index in [9.17, 15) is 9.59 Å². The first-order valence-corrected chi connectivity index (χ1v) is 6.76. The average Bonchev–Trinajstić information content (AvgIpc) is 2.45. The van der Waals surface area contributed by atoms with E-state index in [0.717, 1.165) is 25.7 Å². The van der Waals surface area contributed by atoms with E-state index in [0.29, 0.717) is 24.0 Å². The van der Waals surface area contributed by atoms with E-state index in [1.807, 2.05) is 0 Å². The van der Waals surface area contributed by atoms with Crippen molar-refractivity contribution in [1.82, 2.24) is 5.32 Å². The molecule has 0 unspecified atom stereocenters. The highest BCUT2D eigenvalue weighted by Gasteiger charge is 2.28. The standard InChI is InChI=1S/C15H20N2O2/c16-15(8-4-1-5-9-15)11-17-14(19)13-7-3-2-6-12(13)10-18/h2-3,6-7,10H,1,4-5,8-9,11,16H2,(H,17,19). The van der Waals surface area contributed by atoms with Gasteiger partial charge in [-0.3, -0.25) is 9.59 Å². The molecule has 4 heteroatoms. The Bertz CT molecular complexity index is 465. The first-order chi connectivity index (χ1) is 9.14. The summed E-state index contributed by atoms with van der Waals surface area (Å²) >= 11 is 0. The number of amides is 1. The summed E-state index contributed by atoms with van der Waals surface area (Å²) in [6.45, 7) is 0.471. The smallest absolute Gasteiger partial charge is 0.252 e. The van der Waals surface area contributed by atoms with Gasteiger partial charge in [0.15, 0.2) is 6.29 Å². The summed E-state index contributed by atoms with van der Waals surface area (Å²) in [7, 11) is 0. The highest BCUT2D eigenvalue weighted by molar-refractivity contribution is 6.01. The Morgan fingerprint density at radius 3 is 2.63 bits per heavy atom. The lowest BCUT2D eigenvalue weighted by molar-refractivity contribution is 0.0932. The third kappa shape index (κ3) is 3.41. The number of rotatable bonds is 4. The maximum absolute atomic E-state index is 12.1. The Labute approximate surface area is 113 Å². The molecule has 3 N–H and O–H groups in total. The van der Waals surface area contributed by atoms with Crippen LogP contribution in [-0.2, 0) is 0 Å². The number of nitrogens with two attached hydrogens (primary N) is 1. The molecule has 0 atom stereocenters. The lowest BCUT2D eigenvalue weighted by atomic mass is 9.82. The molecule has 0 aromatic heterocycles. The Morgan fingerprint density at radius 1 is 1.26 bits per heavy atom. The zero-order chi connectivity index (χ0) is 13.7. The fraction of sp³-hybridized carbons (Fsp3) is 0.467. The SMILES string of the molecule is NC1(CNC(=O)c2ccccc2C=O)CCCCC1. The quantitative estimate of drug-likeness (QED) is 0.812. The van der Waals surface area contributed by atoms with Gasteiger partial charge in [-0.05, 0) is 18.9 Å². The normalized spacial score (nSPS) is 17.7. The molecule has 2 rings (SSSR count). The third-order valence-electron chi connectivity index (χ3n) is 3.78. The summed E-state index contributed by atoms with van der Waals surface area (Å²) < 4.78 is 0. The van der Waals surface area contributed by atoms with E-state index < -0.39 is 0 Å². The van der Waals surface area contributed by atoms with Crippen molar-refractivity contribution in [3.63, 3.8) is 0 Å². The summed E-state index contributed by atoms with van der Waals surface area (Å²) in [5, 5.41) is 2.86. The predicted molar refractivity (Wildman–Crippen MR) is 74.2 cm³/mol. The first kappa shape index (κ1) is 13.7. The molecule has 1 amide bonds. The van der Waals surface area contributed by atoms with Gasteiger partial charge < -0.3 is 11.1 Å². The molecule has 1 aromatic carbocycles. The molecule has 0 aliphatic heterocycles. The number of hydrogen-bond acceptors (Lipinski definition) is 3. The molecule has 1 aliphatic rings. The summed E-state index contributed by atoms with van der Waals surface area (Å²) in [6.07, 6.45) is 6.06. The van der Waals surface area contributed by atoms with Crippen molar-refractivity contribution in [1.29, 1.82) is 0 Å². The van der Waals surface area contributed by atoms with Crippen LogP contribution in [0.5, 0.6) is 0 Å². The summed E-state index contributed by atoms with van der Waals surface area (Å²) in [6, 6.07) is 6.79. The van der Waals surface area contributed by atoms with E-state index in [4.69, 9.17) is 5.73 Å². The first-order valence-electron chi connectivity index (χ1n) is 6.76. The Balaban J connectivity index is 1.99. The third-order valence-corrected chi connectivity index (χ3v) is 3.78. The van der Waals surface area contributed by atoms with Crippen LogP contribution in [-0.4, -0.2) is 24.3 Å². The van der Waals surface area contributed by atoms with Gasteiger partial charge in [0.2, 0.25) is 0 Å². The molecule has 1 saturated carbocycles. The van der Waals surface area contributed by atoms with Gasteiger partial charge in [-0.15, -0.1) is 0 Å². The molecule has 102 valence electrons. The van der Waals surface area contributed by atoms with Gasteiger partial charge in [-0.25, -0.2) is 0 Å².